The third-order valence-corrected chi connectivity index (χ3v) is 15.7. The molecule has 1 rings (SSSR count). The first-order valence-electron chi connectivity index (χ1n) is 33.3. The van der Waals surface area contributed by atoms with Crippen molar-refractivity contribution in [1.82, 2.24) is 5.32 Å². The van der Waals surface area contributed by atoms with Crippen molar-refractivity contribution in [3.05, 3.63) is 36.5 Å². The van der Waals surface area contributed by atoms with Gasteiger partial charge in [-0.25, -0.2) is 0 Å². The molecule has 7 unspecified atom stereocenters. The minimum atomic E-state index is -1.57. The van der Waals surface area contributed by atoms with Crippen LogP contribution in [0, 0.1) is 0 Å². The molecule has 1 aliphatic rings. The summed E-state index contributed by atoms with van der Waals surface area (Å²) in [6.45, 7) is 4.30. The summed E-state index contributed by atoms with van der Waals surface area (Å²) in [6, 6.07) is -0.808. The number of allylic oxidation sites excluding steroid dienone is 5. The summed E-state index contributed by atoms with van der Waals surface area (Å²) >= 11 is 0. The maximum Gasteiger partial charge on any atom is 0.305 e. The van der Waals surface area contributed by atoms with Crippen LogP contribution in [0.5, 0.6) is 0 Å². The highest BCUT2D eigenvalue weighted by Crippen LogP contribution is 2.23. The van der Waals surface area contributed by atoms with Crippen LogP contribution in [0.15, 0.2) is 36.5 Å². The van der Waals surface area contributed by atoms with E-state index in [1.54, 1.807) is 6.08 Å². The van der Waals surface area contributed by atoms with E-state index in [1.165, 1.54) is 225 Å². The number of aliphatic hydroxyl groups excluding tert-OH is 5. The first-order chi connectivity index (χ1) is 38.2. The Morgan fingerprint density at radius 3 is 1.32 bits per heavy atom. The Hall–Kier alpha value is -2.12. The Bertz CT molecular complexity index is 1390. The summed E-state index contributed by atoms with van der Waals surface area (Å²) in [5, 5.41) is 54.3. The normalized spacial score (nSPS) is 18.7. The van der Waals surface area contributed by atoms with Gasteiger partial charge in [-0.05, 0) is 64.2 Å². The molecule has 6 N–H and O–H groups in total. The Morgan fingerprint density at radius 2 is 0.859 bits per heavy atom. The highest BCUT2D eigenvalue weighted by Gasteiger charge is 2.44. The zero-order valence-corrected chi connectivity index (χ0v) is 50.6. The number of rotatable bonds is 58. The number of ether oxygens (including phenoxy) is 3. The van der Waals surface area contributed by atoms with Gasteiger partial charge in [0.25, 0.3) is 0 Å². The first kappa shape index (κ1) is 73.9. The molecule has 11 heteroatoms. The number of aliphatic hydroxyl groups is 5. The van der Waals surface area contributed by atoms with Crippen LogP contribution in [0.25, 0.3) is 0 Å². The summed E-state index contributed by atoms with van der Waals surface area (Å²) in [6.07, 6.45) is 61.3. The second-order valence-electron chi connectivity index (χ2n) is 23.2. The minimum absolute atomic E-state index is 0.00340. The van der Waals surface area contributed by atoms with Crippen molar-refractivity contribution in [2.24, 2.45) is 0 Å². The van der Waals surface area contributed by atoms with E-state index >= 15 is 0 Å². The van der Waals surface area contributed by atoms with E-state index in [1.807, 2.05) is 6.08 Å². The van der Waals surface area contributed by atoms with Crippen LogP contribution in [0.3, 0.4) is 0 Å². The van der Waals surface area contributed by atoms with Gasteiger partial charge in [0.2, 0.25) is 5.91 Å². The van der Waals surface area contributed by atoms with Gasteiger partial charge in [0.05, 0.1) is 32.0 Å². The highest BCUT2D eigenvalue weighted by molar-refractivity contribution is 5.76. The maximum atomic E-state index is 13.0. The number of carbonyl (C=O) groups excluding carboxylic acids is 2. The van der Waals surface area contributed by atoms with E-state index in [0.717, 1.165) is 64.2 Å². The standard InChI is InChI=1S/C67H125NO10/c1-3-5-7-9-11-13-14-15-16-25-29-32-35-39-43-47-51-55-63(72)76-56-52-48-44-40-36-33-30-27-24-22-20-18-17-19-21-23-26-28-31-34-38-42-46-50-54-62(71)68-59(60(70)53-49-45-41-37-12-10-8-6-4-2)58-77-67-66(75)65(74)64(73)61(57-69)78-67/h11,13,15-16,49,53,59-61,64-67,69-70,73-75H,3-10,12,14,17-48,50-52,54-58H2,1-2H3,(H,68,71)/b13-11-,16-15-,53-49+. The predicted molar refractivity (Wildman–Crippen MR) is 324 cm³/mol. The van der Waals surface area contributed by atoms with Gasteiger partial charge >= 0.3 is 5.97 Å². The smallest absolute Gasteiger partial charge is 0.305 e. The number of amides is 1. The van der Waals surface area contributed by atoms with Crippen LogP contribution in [0.4, 0.5) is 0 Å². The zero-order valence-electron chi connectivity index (χ0n) is 50.6. The van der Waals surface area contributed by atoms with E-state index < -0.39 is 49.5 Å². The summed E-state index contributed by atoms with van der Waals surface area (Å²) in [5.41, 5.74) is 0. The van der Waals surface area contributed by atoms with E-state index in [4.69, 9.17) is 14.2 Å². The molecule has 78 heavy (non-hydrogen) atoms. The topological polar surface area (TPSA) is 175 Å². The molecule has 0 saturated carbocycles. The van der Waals surface area contributed by atoms with Crippen LogP contribution in [0.2, 0.25) is 0 Å². The van der Waals surface area contributed by atoms with Gasteiger partial charge in [-0.2, -0.15) is 0 Å². The van der Waals surface area contributed by atoms with Crippen molar-refractivity contribution < 1.29 is 49.3 Å². The molecule has 1 heterocycles. The molecule has 0 spiro atoms. The van der Waals surface area contributed by atoms with Crippen molar-refractivity contribution in [3.8, 4) is 0 Å². The molecule has 0 aromatic carbocycles. The highest BCUT2D eigenvalue weighted by atomic mass is 16.7. The number of nitrogens with one attached hydrogen (secondary N) is 1. The summed E-state index contributed by atoms with van der Waals surface area (Å²) in [5.74, 6) is -0.185. The molecule has 1 fully saturated rings. The van der Waals surface area contributed by atoms with Gasteiger partial charge in [0, 0.05) is 12.8 Å². The molecule has 0 aliphatic carbocycles. The largest absolute Gasteiger partial charge is 0.466 e. The molecule has 1 aliphatic heterocycles. The quantitative estimate of drug-likeness (QED) is 0.0195. The van der Waals surface area contributed by atoms with Crippen molar-refractivity contribution in [3.63, 3.8) is 0 Å². The lowest BCUT2D eigenvalue weighted by Crippen LogP contribution is -2.60. The van der Waals surface area contributed by atoms with Gasteiger partial charge in [0.1, 0.15) is 24.4 Å². The number of esters is 1. The molecule has 0 bridgehead atoms. The molecule has 1 amide bonds. The number of carbonyl (C=O) groups is 2. The molecule has 458 valence electrons. The van der Waals surface area contributed by atoms with Crippen LogP contribution >= 0.6 is 0 Å². The molecule has 11 nitrogen and oxygen atoms in total. The Balaban J connectivity index is 1.93. The van der Waals surface area contributed by atoms with Crippen LogP contribution in [0.1, 0.15) is 316 Å². The van der Waals surface area contributed by atoms with E-state index in [0.29, 0.717) is 19.4 Å². The minimum Gasteiger partial charge on any atom is -0.466 e. The van der Waals surface area contributed by atoms with E-state index in [9.17, 15) is 35.1 Å². The van der Waals surface area contributed by atoms with Gasteiger partial charge < -0.3 is 45.1 Å². The SMILES string of the molecule is CCCCC/C=C\C/C=C\CCCCCCCCCC(=O)OCCCCCCCCCCCCCCCCCCCCCCCCCCC(=O)NC(COC1OC(CO)C(O)C(O)C1O)C(O)/C=C/CCCCCCCCC. The summed E-state index contributed by atoms with van der Waals surface area (Å²) < 4.78 is 16.7. The molecule has 0 aromatic rings. The van der Waals surface area contributed by atoms with Crippen molar-refractivity contribution in [2.45, 2.75) is 358 Å². The molecule has 1 saturated heterocycles. The Morgan fingerprint density at radius 1 is 0.474 bits per heavy atom. The number of hydrogen-bond donors (Lipinski definition) is 6. The monoisotopic (exact) mass is 1100 g/mol. The molecule has 7 atom stereocenters. The zero-order chi connectivity index (χ0) is 56.6. The number of unbranched alkanes of at least 4 members (excludes halogenated alkanes) is 40. The molecule has 0 radical (unpaired) electrons. The van der Waals surface area contributed by atoms with Crippen molar-refractivity contribution in [2.75, 3.05) is 19.8 Å². The molecular weight excluding hydrogens is 979 g/mol. The van der Waals surface area contributed by atoms with E-state index in [-0.39, 0.29) is 18.5 Å². The van der Waals surface area contributed by atoms with Crippen LogP contribution in [-0.4, -0.2) is 100 Å². The average Bonchev–Trinajstić information content (AvgIpc) is 3.43. The van der Waals surface area contributed by atoms with Gasteiger partial charge in [-0.15, -0.1) is 0 Å². The number of hydrogen-bond acceptors (Lipinski definition) is 10. The van der Waals surface area contributed by atoms with E-state index in [2.05, 4.69) is 43.5 Å². The van der Waals surface area contributed by atoms with Gasteiger partial charge in [-0.3, -0.25) is 9.59 Å². The second-order valence-corrected chi connectivity index (χ2v) is 23.2. The first-order valence-corrected chi connectivity index (χ1v) is 33.3. The fraction of sp³-hybridized carbons (Fsp3) is 0.881. The van der Waals surface area contributed by atoms with Gasteiger partial charge in [-0.1, -0.05) is 275 Å². The van der Waals surface area contributed by atoms with Crippen molar-refractivity contribution in [1.29, 1.82) is 0 Å². The summed E-state index contributed by atoms with van der Waals surface area (Å²) in [4.78, 5) is 25.1. The Kier molecular flexibility index (Phi) is 53.7. The van der Waals surface area contributed by atoms with Crippen LogP contribution < -0.4 is 5.32 Å². The lowest BCUT2D eigenvalue weighted by molar-refractivity contribution is -0.302. The lowest BCUT2D eigenvalue weighted by atomic mass is 9.99. The Labute approximate surface area is 479 Å². The fourth-order valence-electron chi connectivity index (χ4n) is 10.5. The summed E-state index contributed by atoms with van der Waals surface area (Å²) in [7, 11) is 0. The third kappa shape index (κ3) is 45.5. The van der Waals surface area contributed by atoms with Crippen molar-refractivity contribution >= 4 is 11.9 Å². The van der Waals surface area contributed by atoms with Crippen LogP contribution in [-0.2, 0) is 23.8 Å². The third-order valence-electron chi connectivity index (χ3n) is 15.7. The maximum absolute atomic E-state index is 13.0. The second kappa shape index (κ2) is 56.7. The lowest BCUT2D eigenvalue weighted by Gasteiger charge is -2.40. The van der Waals surface area contributed by atoms with Gasteiger partial charge in [0.15, 0.2) is 6.29 Å². The fourth-order valence-corrected chi connectivity index (χ4v) is 10.5. The predicted octanol–water partition coefficient (Wildman–Crippen LogP) is 16.2. The average molecular weight is 1100 g/mol. The molecular formula is C67H125NO10. The molecule has 0 aromatic heterocycles.